The molecule has 0 aliphatic heterocycles. The van der Waals surface area contributed by atoms with Crippen molar-refractivity contribution in [2.45, 2.75) is 31.6 Å². The third-order valence-corrected chi connectivity index (χ3v) is 5.27. The van der Waals surface area contributed by atoms with Crippen LogP contribution in [0.15, 0.2) is 53.4 Å². The van der Waals surface area contributed by atoms with Crippen molar-refractivity contribution in [1.29, 1.82) is 0 Å². The molecule has 0 aliphatic carbocycles. The molecule has 3 aromatic rings. The first-order chi connectivity index (χ1) is 13.0. The highest BCUT2D eigenvalue weighted by molar-refractivity contribution is 7.99. The maximum absolute atomic E-state index is 13.8. The molecule has 5 heteroatoms. The number of aryl methyl sites for hydroxylation is 1. The molecule has 0 aliphatic rings. The summed E-state index contributed by atoms with van der Waals surface area (Å²) in [6.45, 7) is 3.99. The minimum atomic E-state index is -0.847. The molecule has 3 nitrogen and oxygen atoms in total. The van der Waals surface area contributed by atoms with E-state index in [0.29, 0.717) is 23.3 Å². The molecule has 0 aromatic heterocycles. The lowest BCUT2D eigenvalue weighted by molar-refractivity contribution is -0.136. The van der Waals surface area contributed by atoms with Crippen LogP contribution in [-0.2, 0) is 11.2 Å². The van der Waals surface area contributed by atoms with E-state index >= 15 is 0 Å². The summed E-state index contributed by atoms with van der Waals surface area (Å²) in [5.41, 5.74) is 1.73. The van der Waals surface area contributed by atoms with Gasteiger partial charge in [-0.15, -0.1) is 11.8 Å². The molecule has 0 heterocycles. The Labute approximate surface area is 162 Å². The zero-order valence-electron chi connectivity index (χ0n) is 15.3. The standard InChI is InChI=1S/C22H21FO3S/c1-3-27-19-9-7-18(8-10-19)26-22-14(2)15(5-11-21(24)25)12-16-4-6-17(23)13-20(16)22/h4,6-10,12-13H,3,5,11H2,1-2H3,(H,24,25). The molecule has 1 N–H and O–H groups in total. The van der Waals surface area contributed by atoms with E-state index in [4.69, 9.17) is 9.84 Å². The fourth-order valence-electron chi connectivity index (χ4n) is 3.02. The Kier molecular flexibility index (Phi) is 6.01. The van der Waals surface area contributed by atoms with E-state index in [2.05, 4.69) is 6.92 Å². The number of aliphatic carboxylic acids is 1. The summed E-state index contributed by atoms with van der Waals surface area (Å²) in [5, 5.41) is 10.5. The summed E-state index contributed by atoms with van der Waals surface area (Å²) in [5.74, 6) is 1.05. The summed E-state index contributed by atoms with van der Waals surface area (Å²) in [4.78, 5) is 12.1. The zero-order chi connectivity index (χ0) is 19.4. The van der Waals surface area contributed by atoms with E-state index in [1.807, 2.05) is 37.3 Å². The number of ether oxygens (including phenoxy) is 1. The van der Waals surface area contributed by atoms with Gasteiger partial charge in [0.05, 0.1) is 0 Å². The van der Waals surface area contributed by atoms with Crippen molar-refractivity contribution in [3.63, 3.8) is 0 Å². The maximum atomic E-state index is 13.8. The first kappa shape index (κ1) is 19.2. The Morgan fingerprint density at radius 3 is 2.56 bits per heavy atom. The minimum absolute atomic E-state index is 0.0376. The molecule has 0 amide bonds. The average Bonchev–Trinajstić information content (AvgIpc) is 2.64. The van der Waals surface area contributed by atoms with E-state index < -0.39 is 5.97 Å². The van der Waals surface area contributed by atoms with E-state index in [0.717, 1.165) is 27.2 Å². The van der Waals surface area contributed by atoms with Gasteiger partial charge >= 0.3 is 5.97 Å². The van der Waals surface area contributed by atoms with Crippen LogP contribution in [0.3, 0.4) is 0 Å². The van der Waals surface area contributed by atoms with Crippen LogP contribution < -0.4 is 4.74 Å². The smallest absolute Gasteiger partial charge is 0.303 e. The van der Waals surface area contributed by atoms with Gasteiger partial charge in [-0.05, 0) is 72.0 Å². The van der Waals surface area contributed by atoms with Gasteiger partial charge in [0.2, 0.25) is 0 Å². The van der Waals surface area contributed by atoms with Crippen LogP contribution in [0.2, 0.25) is 0 Å². The summed E-state index contributed by atoms with van der Waals surface area (Å²) >= 11 is 1.75. The van der Waals surface area contributed by atoms with Gasteiger partial charge in [0.25, 0.3) is 0 Å². The number of thioether (sulfide) groups is 1. The first-order valence-electron chi connectivity index (χ1n) is 8.82. The second-order valence-electron chi connectivity index (χ2n) is 6.26. The van der Waals surface area contributed by atoms with Gasteiger partial charge in [-0.2, -0.15) is 0 Å². The molecule has 0 spiro atoms. The van der Waals surface area contributed by atoms with Gasteiger partial charge in [-0.3, -0.25) is 4.79 Å². The highest BCUT2D eigenvalue weighted by atomic mass is 32.2. The molecule has 140 valence electrons. The second-order valence-corrected chi connectivity index (χ2v) is 7.59. The van der Waals surface area contributed by atoms with Gasteiger partial charge in [-0.1, -0.05) is 19.1 Å². The maximum Gasteiger partial charge on any atom is 0.303 e. The molecule has 0 saturated carbocycles. The zero-order valence-corrected chi connectivity index (χ0v) is 16.1. The van der Waals surface area contributed by atoms with Crippen molar-refractivity contribution in [2.24, 2.45) is 0 Å². The topological polar surface area (TPSA) is 46.5 Å². The lowest BCUT2D eigenvalue weighted by Crippen LogP contribution is -2.01. The number of rotatable bonds is 7. The SMILES string of the molecule is CCSc1ccc(Oc2c(C)c(CCC(=O)O)cc3ccc(F)cc23)cc1. The number of hydrogen-bond donors (Lipinski definition) is 1. The van der Waals surface area contributed by atoms with Crippen LogP contribution >= 0.6 is 11.8 Å². The fourth-order valence-corrected chi connectivity index (χ4v) is 3.68. The van der Waals surface area contributed by atoms with Crippen LogP contribution in [0.25, 0.3) is 10.8 Å². The van der Waals surface area contributed by atoms with Crippen LogP contribution in [0, 0.1) is 12.7 Å². The number of benzene rings is 3. The van der Waals surface area contributed by atoms with E-state index in [1.165, 1.54) is 12.1 Å². The number of carboxylic acid groups (broad SMARTS) is 1. The van der Waals surface area contributed by atoms with Crippen LogP contribution in [0.4, 0.5) is 4.39 Å². The summed E-state index contributed by atoms with van der Waals surface area (Å²) in [7, 11) is 0. The average molecular weight is 384 g/mol. The molecular weight excluding hydrogens is 363 g/mol. The molecular formula is C22H21FO3S. The predicted octanol–water partition coefficient (Wildman–Crippen LogP) is 6.21. The summed E-state index contributed by atoms with van der Waals surface area (Å²) in [6.07, 6.45) is 0.437. The monoisotopic (exact) mass is 384 g/mol. The third-order valence-electron chi connectivity index (χ3n) is 4.37. The number of halogens is 1. The van der Waals surface area contributed by atoms with Crippen molar-refractivity contribution in [3.05, 3.63) is 65.5 Å². The first-order valence-corrected chi connectivity index (χ1v) is 9.80. The Hall–Kier alpha value is -2.53. The number of fused-ring (bicyclic) bond motifs is 1. The van der Waals surface area contributed by atoms with E-state index in [-0.39, 0.29) is 12.2 Å². The van der Waals surface area contributed by atoms with Crippen molar-refractivity contribution in [2.75, 3.05) is 5.75 Å². The molecule has 0 atom stereocenters. The quantitative estimate of drug-likeness (QED) is 0.492. The van der Waals surface area contributed by atoms with Crippen molar-refractivity contribution < 1.29 is 19.0 Å². The highest BCUT2D eigenvalue weighted by Crippen LogP contribution is 2.37. The lowest BCUT2D eigenvalue weighted by atomic mass is 9.97. The van der Waals surface area contributed by atoms with Gasteiger partial charge in [0.1, 0.15) is 17.3 Å². The molecule has 0 unspecified atom stereocenters. The molecule has 0 fully saturated rings. The fraction of sp³-hybridized carbons (Fsp3) is 0.227. The summed E-state index contributed by atoms with van der Waals surface area (Å²) < 4.78 is 20.0. The third kappa shape index (κ3) is 4.61. The van der Waals surface area contributed by atoms with Gasteiger partial charge in [0, 0.05) is 16.7 Å². The number of hydrogen-bond acceptors (Lipinski definition) is 3. The Morgan fingerprint density at radius 2 is 1.89 bits per heavy atom. The summed E-state index contributed by atoms with van der Waals surface area (Å²) in [6, 6.07) is 14.3. The van der Waals surface area contributed by atoms with Gasteiger partial charge in [-0.25, -0.2) is 4.39 Å². The number of carbonyl (C=O) groups is 1. The molecule has 0 saturated heterocycles. The van der Waals surface area contributed by atoms with E-state index in [9.17, 15) is 9.18 Å². The molecule has 3 rings (SSSR count). The second kappa shape index (κ2) is 8.44. The largest absolute Gasteiger partial charge is 0.481 e. The van der Waals surface area contributed by atoms with Crippen LogP contribution in [-0.4, -0.2) is 16.8 Å². The normalized spacial score (nSPS) is 10.9. The van der Waals surface area contributed by atoms with Crippen molar-refractivity contribution >= 4 is 28.5 Å². The highest BCUT2D eigenvalue weighted by Gasteiger charge is 2.14. The molecule has 0 bridgehead atoms. The number of carboxylic acids is 1. The van der Waals surface area contributed by atoms with Crippen molar-refractivity contribution in [1.82, 2.24) is 0 Å². The van der Waals surface area contributed by atoms with Gasteiger partial charge in [0.15, 0.2) is 0 Å². The molecule has 0 radical (unpaired) electrons. The Balaban J connectivity index is 2.03. The molecule has 3 aromatic carbocycles. The lowest BCUT2D eigenvalue weighted by Gasteiger charge is -2.16. The Bertz CT molecular complexity index is 967. The molecule has 27 heavy (non-hydrogen) atoms. The van der Waals surface area contributed by atoms with Crippen molar-refractivity contribution in [3.8, 4) is 11.5 Å². The minimum Gasteiger partial charge on any atom is -0.481 e. The van der Waals surface area contributed by atoms with Crippen LogP contribution in [0.5, 0.6) is 11.5 Å². The van der Waals surface area contributed by atoms with Crippen LogP contribution in [0.1, 0.15) is 24.5 Å². The Morgan fingerprint density at radius 1 is 1.15 bits per heavy atom. The van der Waals surface area contributed by atoms with E-state index in [1.54, 1.807) is 17.8 Å². The van der Waals surface area contributed by atoms with Gasteiger partial charge < -0.3 is 9.84 Å². The predicted molar refractivity (Wildman–Crippen MR) is 108 cm³/mol.